The van der Waals surface area contributed by atoms with E-state index in [-0.39, 0.29) is 0 Å². The molecule has 2 heteroatoms. The summed E-state index contributed by atoms with van der Waals surface area (Å²) >= 11 is 0. The molecule has 0 spiro atoms. The molecule has 0 fully saturated rings. The molecule has 13 aromatic carbocycles. The lowest BCUT2D eigenvalue weighted by Gasteiger charge is -2.27. The Balaban J connectivity index is 0.938. The van der Waals surface area contributed by atoms with Crippen LogP contribution in [0, 0.1) is 0 Å². The second-order valence-electron chi connectivity index (χ2n) is 19.2. The van der Waals surface area contributed by atoms with E-state index in [1.807, 2.05) is 0 Å². The SMILES string of the molecule is c1ccc(-c2c(-c3ccccc3)c3cc(-c4cccc(N(c5ccc(-c6cccc7c8ccccc8n(-c8ccccc8)c67)cc5)c5cccc(-c6ccc7ccccc7c6)c5)c4)ccc3c3ccccc23)cc1. The van der Waals surface area contributed by atoms with E-state index in [0.717, 1.165) is 45.0 Å². The van der Waals surface area contributed by atoms with Gasteiger partial charge in [0, 0.05) is 39.1 Å². The zero-order chi connectivity index (χ0) is 49.0. The van der Waals surface area contributed by atoms with Crippen molar-refractivity contribution in [3.8, 4) is 61.3 Å². The molecule has 0 aliphatic carbocycles. The fourth-order valence-electron chi connectivity index (χ4n) is 11.5. The summed E-state index contributed by atoms with van der Waals surface area (Å²) in [4.78, 5) is 2.41. The summed E-state index contributed by atoms with van der Waals surface area (Å²) in [6.07, 6.45) is 0. The van der Waals surface area contributed by atoms with Gasteiger partial charge in [-0.2, -0.15) is 0 Å². The molecule has 2 nitrogen and oxygen atoms in total. The first-order valence-corrected chi connectivity index (χ1v) is 25.5. The monoisotopic (exact) mass is 940 g/mol. The van der Waals surface area contributed by atoms with Crippen LogP contribution in [0.25, 0.3) is 115 Å². The first-order chi connectivity index (χ1) is 36.7. The van der Waals surface area contributed by atoms with Gasteiger partial charge in [-0.15, -0.1) is 0 Å². The summed E-state index contributed by atoms with van der Waals surface area (Å²) in [7, 11) is 0. The number of aromatic nitrogens is 1. The maximum Gasteiger partial charge on any atom is 0.0619 e. The lowest BCUT2D eigenvalue weighted by Crippen LogP contribution is -2.10. The third-order valence-electron chi connectivity index (χ3n) is 14.9. The molecule has 14 aromatic rings. The predicted molar refractivity (Wildman–Crippen MR) is 315 cm³/mol. The lowest BCUT2D eigenvalue weighted by molar-refractivity contribution is 1.18. The number of hydrogen-bond donors (Lipinski definition) is 0. The molecule has 346 valence electrons. The van der Waals surface area contributed by atoms with E-state index in [0.29, 0.717) is 0 Å². The number of para-hydroxylation sites is 3. The quantitative estimate of drug-likeness (QED) is 0.131. The van der Waals surface area contributed by atoms with Crippen LogP contribution in [0.5, 0.6) is 0 Å². The van der Waals surface area contributed by atoms with E-state index in [9.17, 15) is 0 Å². The molecule has 0 saturated heterocycles. The fourth-order valence-corrected chi connectivity index (χ4v) is 11.5. The summed E-state index contributed by atoms with van der Waals surface area (Å²) in [6.45, 7) is 0. The van der Waals surface area contributed by atoms with E-state index in [1.54, 1.807) is 0 Å². The summed E-state index contributed by atoms with van der Waals surface area (Å²) in [5, 5.41) is 9.92. The van der Waals surface area contributed by atoms with Crippen LogP contribution in [0.1, 0.15) is 0 Å². The molecule has 1 aromatic heterocycles. The van der Waals surface area contributed by atoms with Crippen molar-refractivity contribution in [2.45, 2.75) is 0 Å². The highest BCUT2D eigenvalue weighted by molar-refractivity contribution is 6.22. The lowest BCUT2D eigenvalue weighted by atomic mass is 9.84. The van der Waals surface area contributed by atoms with Crippen molar-refractivity contribution >= 4 is 71.2 Å². The van der Waals surface area contributed by atoms with Gasteiger partial charge in [0.25, 0.3) is 0 Å². The van der Waals surface area contributed by atoms with Crippen LogP contribution >= 0.6 is 0 Å². The zero-order valence-corrected chi connectivity index (χ0v) is 40.6. The van der Waals surface area contributed by atoms with Gasteiger partial charge in [-0.25, -0.2) is 0 Å². The molecule has 14 rings (SSSR count). The molecular formula is C72H48N2. The van der Waals surface area contributed by atoms with Crippen molar-refractivity contribution in [1.29, 1.82) is 0 Å². The molecule has 0 unspecified atom stereocenters. The number of hydrogen-bond acceptors (Lipinski definition) is 1. The smallest absolute Gasteiger partial charge is 0.0619 e. The molecule has 0 N–H and O–H groups in total. The average Bonchev–Trinajstić information content (AvgIpc) is 3.82. The number of fused-ring (bicyclic) bond motifs is 7. The topological polar surface area (TPSA) is 8.17 Å². The first-order valence-electron chi connectivity index (χ1n) is 25.5. The third-order valence-corrected chi connectivity index (χ3v) is 14.9. The number of anilines is 3. The molecule has 0 atom stereocenters. The van der Waals surface area contributed by atoms with Crippen LogP contribution in [-0.2, 0) is 0 Å². The molecule has 0 bridgehead atoms. The normalized spacial score (nSPS) is 11.5. The maximum absolute atomic E-state index is 2.42. The number of rotatable bonds is 9. The molecule has 0 saturated carbocycles. The average molecular weight is 941 g/mol. The summed E-state index contributed by atoms with van der Waals surface area (Å²) in [6, 6.07) is 107. The van der Waals surface area contributed by atoms with Crippen LogP contribution in [0.3, 0.4) is 0 Å². The van der Waals surface area contributed by atoms with E-state index in [2.05, 4.69) is 301 Å². The van der Waals surface area contributed by atoms with Crippen LogP contribution < -0.4 is 4.90 Å². The van der Waals surface area contributed by atoms with E-state index in [4.69, 9.17) is 0 Å². The van der Waals surface area contributed by atoms with Gasteiger partial charge in [0.05, 0.1) is 11.0 Å². The van der Waals surface area contributed by atoms with E-state index < -0.39 is 0 Å². The van der Waals surface area contributed by atoms with Gasteiger partial charge in [0.15, 0.2) is 0 Å². The van der Waals surface area contributed by atoms with Crippen molar-refractivity contribution in [2.24, 2.45) is 0 Å². The van der Waals surface area contributed by atoms with Gasteiger partial charge in [-0.3, -0.25) is 0 Å². The van der Waals surface area contributed by atoms with E-state index in [1.165, 1.54) is 87.5 Å². The largest absolute Gasteiger partial charge is 0.310 e. The predicted octanol–water partition coefficient (Wildman–Crippen LogP) is 20.0. The van der Waals surface area contributed by atoms with Crippen molar-refractivity contribution in [3.05, 3.63) is 291 Å². The molecule has 0 aliphatic heterocycles. The zero-order valence-electron chi connectivity index (χ0n) is 40.6. The Hall–Kier alpha value is -9.76. The Morgan fingerprint density at radius 2 is 0.730 bits per heavy atom. The van der Waals surface area contributed by atoms with Gasteiger partial charge in [-0.05, 0) is 149 Å². The summed E-state index contributed by atoms with van der Waals surface area (Å²) < 4.78 is 2.42. The Kier molecular flexibility index (Phi) is 10.6. The minimum absolute atomic E-state index is 1.07. The van der Waals surface area contributed by atoms with Crippen LogP contribution in [0.4, 0.5) is 17.1 Å². The first kappa shape index (κ1) is 43.1. The second-order valence-corrected chi connectivity index (χ2v) is 19.2. The standard InChI is InChI=1S/C72H48N2/c1-4-20-51(21-5-1)70-66-33-13-12-31-63(66)64-44-41-57(48-68(64)71(70)52-22-6-2-7-23-52)55-26-17-30-61(47-55)73(60-29-16-25-54(46-60)56-38-37-49-19-10-11-24-53(49)45-56)59-42-39-50(40-43-59)62-34-18-35-67-65-32-14-15-36-69(65)74(72(62)67)58-27-8-3-9-28-58/h1-48H. The maximum atomic E-state index is 2.42. The van der Waals surface area contributed by atoms with Gasteiger partial charge >= 0.3 is 0 Å². The van der Waals surface area contributed by atoms with Crippen molar-refractivity contribution in [1.82, 2.24) is 4.57 Å². The number of nitrogens with zero attached hydrogens (tertiary/aromatic N) is 2. The summed E-state index contributed by atoms with van der Waals surface area (Å²) in [5.74, 6) is 0. The van der Waals surface area contributed by atoms with Crippen molar-refractivity contribution in [2.75, 3.05) is 4.90 Å². The van der Waals surface area contributed by atoms with Crippen molar-refractivity contribution < 1.29 is 0 Å². The molecular weight excluding hydrogens is 893 g/mol. The van der Waals surface area contributed by atoms with Gasteiger partial charge < -0.3 is 9.47 Å². The second kappa shape index (κ2) is 18.1. The van der Waals surface area contributed by atoms with Crippen LogP contribution in [0.2, 0.25) is 0 Å². The fraction of sp³-hybridized carbons (Fsp3) is 0. The molecule has 0 aliphatic rings. The summed E-state index contributed by atoms with van der Waals surface area (Å²) in [5.41, 5.74) is 18.7. The minimum Gasteiger partial charge on any atom is -0.310 e. The highest BCUT2D eigenvalue weighted by atomic mass is 15.1. The highest BCUT2D eigenvalue weighted by Crippen LogP contribution is 2.47. The number of benzene rings is 13. The highest BCUT2D eigenvalue weighted by Gasteiger charge is 2.21. The Morgan fingerprint density at radius 3 is 1.43 bits per heavy atom. The third kappa shape index (κ3) is 7.43. The Bertz CT molecular complexity index is 4400. The molecule has 1 heterocycles. The van der Waals surface area contributed by atoms with Gasteiger partial charge in [-0.1, -0.05) is 224 Å². The van der Waals surface area contributed by atoms with Crippen LogP contribution in [-0.4, -0.2) is 4.57 Å². The molecule has 0 amide bonds. The Labute approximate surface area is 430 Å². The van der Waals surface area contributed by atoms with Crippen LogP contribution in [0.15, 0.2) is 291 Å². The minimum atomic E-state index is 1.07. The molecule has 74 heavy (non-hydrogen) atoms. The molecule has 0 radical (unpaired) electrons. The van der Waals surface area contributed by atoms with Gasteiger partial charge in [0.2, 0.25) is 0 Å². The van der Waals surface area contributed by atoms with E-state index >= 15 is 0 Å². The Morgan fingerprint density at radius 1 is 0.243 bits per heavy atom. The van der Waals surface area contributed by atoms with Crippen molar-refractivity contribution in [3.63, 3.8) is 0 Å². The van der Waals surface area contributed by atoms with Gasteiger partial charge in [0.1, 0.15) is 0 Å².